The highest BCUT2D eigenvalue weighted by Gasteiger charge is 2.47. The molecule has 0 aromatic carbocycles. The van der Waals surface area contributed by atoms with E-state index in [0.29, 0.717) is 12.8 Å². The van der Waals surface area contributed by atoms with Crippen molar-refractivity contribution >= 4 is 9.24 Å². The van der Waals surface area contributed by atoms with Gasteiger partial charge in [0.1, 0.15) is 42.7 Å². The number of hydrogen-bond donors (Lipinski definition) is 11. The van der Waals surface area contributed by atoms with E-state index in [0.717, 1.165) is 51.1 Å². The van der Waals surface area contributed by atoms with Gasteiger partial charge in [0.15, 0.2) is 12.6 Å². The van der Waals surface area contributed by atoms with Gasteiger partial charge in [-0.05, 0) is 83.2 Å². The smallest absolute Gasteiger partial charge is 0.186 e. The fourth-order valence-electron chi connectivity index (χ4n) is 7.69. The van der Waals surface area contributed by atoms with E-state index in [1.54, 1.807) is 6.92 Å². The number of unbranched alkanes of at least 4 members (excludes halogenated alkanes) is 4. The summed E-state index contributed by atoms with van der Waals surface area (Å²) in [5, 5.41) is 107. The summed E-state index contributed by atoms with van der Waals surface area (Å²) >= 11 is 0. The van der Waals surface area contributed by atoms with Crippen LogP contribution < -0.4 is 0 Å². The van der Waals surface area contributed by atoms with Crippen LogP contribution >= 0.6 is 9.24 Å². The van der Waals surface area contributed by atoms with Crippen molar-refractivity contribution in [3.8, 4) is 0 Å². The number of aliphatic hydroxyl groups excluding tert-OH is 11. The van der Waals surface area contributed by atoms with Gasteiger partial charge in [-0.25, -0.2) is 0 Å². The normalized spacial score (nSPS) is 31.5. The largest absolute Gasteiger partial charge is 0.396 e. The maximum absolute atomic E-state index is 11.6. The molecule has 0 aromatic heterocycles. The van der Waals surface area contributed by atoms with Crippen LogP contribution in [0.5, 0.6) is 0 Å². The number of ether oxygens (including phenoxy) is 5. The second-order valence-electron chi connectivity index (χ2n) is 16.3. The molecule has 3 fully saturated rings. The highest BCUT2D eigenvalue weighted by Crippen LogP contribution is 2.38. The monoisotopic (exact) mass is 953 g/mol. The molecular formula is C47H101O16P. The fourth-order valence-corrected chi connectivity index (χ4v) is 7.98. The SMILES string of the molecule is CC.CC.CC.CC.CC(O)C(O)C(O)C(O)CO.CC1CCCC(OC2CC(CO)OC(CC(C(C)CO)C(OC3OC(C)C(O)C(O)C3O)C(C)CCCCCCCP)C2O)O1. The Morgan fingerprint density at radius 1 is 0.656 bits per heavy atom. The Kier molecular flexibility index (Phi) is 43.2. The minimum atomic E-state index is -1.51. The molecule has 0 aliphatic carbocycles. The first-order valence-electron chi connectivity index (χ1n) is 24.7. The third-order valence-electron chi connectivity index (χ3n) is 11.5. The van der Waals surface area contributed by atoms with E-state index in [4.69, 9.17) is 49.2 Å². The van der Waals surface area contributed by atoms with Gasteiger partial charge in [-0.1, -0.05) is 94.9 Å². The quantitative estimate of drug-likeness (QED) is 0.0540. The van der Waals surface area contributed by atoms with Gasteiger partial charge in [-0.3, -0.25) is 0 Å². The van der Waals surface area contributed by atoms with Gasteiger partial charge >= 0.3 is 0 Å². The van der Waals surface area contributed by atoms with Crippen molar-refractivity contribution in [1.29, 1.82) is 0 Å². The molecule has 20 atom stereocenters. The molecule has 17 heteroatoms. The fraction of sp³-hybridized carbons (Fsp3) is 1.00. The Morgan fingerprint density at radius 3 is 1.75 bits per heavy atom. The first-order valence-corrected chi connectivity index (χ1v) is 25.6. The zero-order valence-corrected chi connectivity index (χ0v) is 43.3. The second-order valence-corrected chi connectivity index (χ2v) is 16.9. The van der Waals surface area contributed by atoms with Gasteiger partial charge in [-0.15, -0.1) is 9.24 Å². The highest BCUT2D eigenvalue weighted by molar-refractivity contribution is 7.16. The summed E-state index contributed by atoms with van der Waals surface area (Å²) in [4.78, 5) is 0. The first-order chi connectivity index (χ1) is 30.5. The number of rotatable bonds is 22. The average molecular weight is 953 g/mol. The molecule has 0 radical (unpaired) electrons. The molecule has 3 rings (SSSR count). The molecule has 0 spiro atoms. The molecule has 0 amide bonds. The Bertz CT molecular complexity index is 1020. The molecule has 11 N–H and O–H groups in total. The van der Waals surface area contributed by atoms with Crippen LogP contribution in [0.2, 0.25) is 0 Å². The summed E-state index contributed by atoms with van der Waals surface area (Å²) in [6.45, 7) is 23.9. The zero-order valence-electron chi connectivity index (χ0n) is 42.1. The predicted octanol–water partition coefficient (Wildman–Crippen LogP) is 4.04. The maximum Gasteiger partial charge on any atom is 0.186 e. The van der Waals surface area contributed by atoms with Gasteiger partial charge in [0.2, 0.25) is 0 Å². The van der Waals surface area contributed by atoms with Gasteiger partial charge in [0, 0.05) is 13.0 Å². The number of hydrogen-bond acceptors (Lipinski definition) is 16. The molecule has 0 bridgehead atoms. The van der Waals surface area contributed by atoms with E-state index in [9.17, 15) is 30.6 Å². The van der Waals surface area contributed by atoms with Crippen molar-refractivity contribution in [2.75, 3.05) is 26.0 Å². The minimum absolute atomic E-state index is 0.0284. The van der Waals surface area contributed by atoms with E-state index < -0.39 is 98.5 Å². The average Bonchev–Trinajstić information content (AvgIpc) is 3.32. The summed E-state index contributed by atoms with van der Waals surface area (Å²) in [5.41, 5.74) is 0. The molecule has 20 unspecified atom stereocenters. The highest BCUT2D eigenvalue weighted by atomic mass is 31.0. The molecular weight excluding hydrogens is 851 g/mol. The lowest BCUT2D eigenvalue weighted by Gasteiger charge is -2.46. The van der Waals surface area contributed by atoms with Crippen molar-refractivity contribution in [3.63, 3.8) is 0 Å². The van der Waals surface area contributed by atoms with E-state index in [2.05, 4.69) is 16.2 Å². The summed E-state index contributed by atoms with van der Waals surface area (Å²) in [5.74, 6) is -0.652. The van der Waals surface area contributed by atoms with Gasteiger partial charge in [0.05, 0.1) is 55.9 Å². The molecule has 0 saturated carbocycles. The second kappa shape index (κ2) is 40.7. The lowest BCUT2D eigenvalue weighted by atomic mass is 9.76. The van der Waals surface area contributed by atoms with Crippen molar-refractivity contribution in [1.82, 2.24) is 0 Å². The molecule has 16 nitrogen and oxygen atoms in total. The maximum atomic E-state index is 11.6. The molecule has 3 aliphatic rings. The van der Waals surface area contributed by atoms with Crippen LogP contribution in [0, 0.1) is 17.8 Å². The summed E-state index contributed by atoms with van der Waals surface area (Å²) in [6.07, 6.45) is -4.53. The summed E-state index contributed by atoms with van der Waals surface area (Å²) in [7, 11) is 2.77. The predicted molar refractivity (Wildman–Crippen MR) is 255 cm³/mol. The molecule has 3 heterocycles. The Morgan fingerprint density at radius 2 is 1.23 bits per heavy atom. The van der Waals surface area contributed by atoms with Crippen LogP contribution in [0.1, 0.15) is 161 Å². The van der Waals surface area contributed by atoms with Crippen molar-refractivity contribution in [2.24, 2.45) is 17.8 Å². The molecule has 390 valence electrons. The summed E-state index contributed by atoms with van der Waals surface area (Å²) < 4.78 is 30.8. The first kappa shape index (κ1) is 68.1. The van der Waals surface area contributed by atoms with Crippen LogP contribution in [-0.2, 0) is 23.7 Å². The van der Waals surface area contributed by atoms with Gasteiger partial charge in [-0.2, -0.15) is 0 Å². The van der Waals surface area contributed by atoms with Crippen LogP contribution in [0.3, 0.4) is 0 Å². The lowest BCUT2D eigenvalue weighted by molar-refractivity contribution is -0.315. The van der Waals surface area contributed by atoms with Crippen molar-refractivity contribution < 1.29 is 79.9 Å². The van der Waals surface area contributed by atoms with Gasteiger partial charge in [0.25, 0.3) is 0 Å². The van der Waals surface area contributed by atoms with Gasteiger partial charge < -0.3 is 79.9 Å². The van der Waals surface area contributed by atoms with E-state index >= 15 is 0 Å². The standard InChI is InChI=1S/C33H63O11P.C6H14O5.4C2H6/c1-19(11-8-6-5-7-9-14-45)32(44-33-31(39)30(38)28(36)22(4)41-33)24(20(2)17-34)16-26-29(37)25(15-23(18-35)42-26)43-27-13-10-12-21(3)40-27;1-3(8)5(10)6(11)4(9)2-7;4*1-2/h19-39H,5-18,45H2,1-4H3;3-11H,2H2,1H3;4*1-2H3. The van der Waals surface area contributed by atoms with E-state index in [1.807, 2.05) is 69.2 Å². The Labute approximate surface area is 390 Å². The summed E-state index contributed by atoms with van der Waals surface area (Å²) in [6, 6.07) is 0. The third kappa shape index (κ3) is 24.9. The topological polar surface area (TPSA) is 269 Å². The van der Waals surface area contributed by atoms with Crippen molar-refractivity contribution in [2.45, 2.75) is 259 Å². The van der Waals surface area contributed by atoms with Crippen LogP contribution in [0.4, 0.5) is 0 Å². The van der Waals surface area contributed by atoms with Crippen molar-refractivity contribution in [3.05, 3.63) is 0 Å². The van der Waals surface area contributed by atoms with Crippen LogP contribution in [0.15, 0.2) is 0 Å². The minimum Gasteiger partial charge on any atom is -0.396 e. The third-order valence-corrected chi connectivity index (χ3v) is 11.9. The van der Waals surface area contributed by atoms with Crippen LogP contribution in [-0.4, -0.2) is 180 Å². The zero-order chi connectivity index (χ0) is 50.1. The molecule has 3 saturated heterocycles. The molecule has 3 aliphatic heterocycles. The molecule has 64 heavy (non-hydrogen) atoms. The molecule has 0 aromatic rings. The van der Waals surface area contributed by atoms with E-state index in [-0.39, 0.29) is 37.1 Å². The Balaban J connectivity index is -0.00000166. The van der Waals surface area contributed by atoms with Crippen LogP contribution in [0.25, 0.3) is 0 Å². The lowest BCUT2D eigenvalue weighted by Crippen LogP contribution is -2.59. The number of aliphatic hydroxyl groups is 11. The Hall–Kier alpha value is -0.210. The van der Waals surface area contributed by atoms with E-state index in [1.165, 1.54) is 19.8 Å².